The van der Waals surface area contributed by atoms with E-state index in [4.69, 9.17) is 4.98 Å². The van der Waals surface area contributed by atoms with Crippen molar-refractivity contribution in [2.75, 3.05) is 30.0 Å². The van der Waals surface area contributed by atoms with E-state index < -0.39 is 0 Å². The molecule has 1 saturated carbocycles. The minimum atomic E-state index is 0.0686. The molecule has 1 aliphatic carbocycles. The summed E-state index contributed by atoms with van der Waals surface area (Å²) in [5, 5.41) is 27.1. The molecule has 5 rings (SSSR count). The van der Waals surface area contributed by atoms with Gasteiger partial charge in [-0.15, -0.1) is 5.10 Å². The first-order valence-electron chi connectivity index (χ1n) is 10.9. The van der Waals surface area contributed by atoms with E-state index >= 15 is 0 Å². The molecule has 4 heterocycles. The number of aliphatic hydroxyl groups excluding tert-OH is 2. The molecule has 0 amide bonds. The Morgan fingerprint density at radius 1 is 1.10 bits per heavy atom. The molecule has 160 valence electrons. The molecule has 9 heteroatoms. The standard InChI is InChI=1S/C21H29N7O2/c29-12-15-5-7-16(8-6-15)26-11-19(22-14-26)23-20-18-4-2-10-28(18)25-21(24-20)27-9-1-3-17(27)13-30/h2,4,10-11,14-17,29-30H,1,3,5-9,12-13H2,(H,23,24,25). The highest BCUT2D eigenvalue weighted by molar-refractivity contribution is 5.73. The molecular weight excluding hydrogens is 382 g/mol. The second-order valence-corrected chi connectivity index (χ2v) is 8.46. The number of hydrogen-bond donors (Lipinski definition) is 3. The molecule has 2 fully saturated rings. The maximum absolute atomic E-state index is 9.69. The molecule has 1 saturated heterocycles. The lowest BCUT2D eigenvalue weighted by molar-refractivity contribution is 0.169. The van der Waals surface area contributed by atoms with Crippen LogP contribution in [-0.2, 0) is 0 Å². The summed E-state index contributed by atoms with van der Waals surface area (Å²) in [5.41, 5.74) is 0.886. The molecule has 3 aromatic rings. The van der Waals surface area contributed by atoms with E-state index in [0.29, 0.717) is 30.3 Å². The number of rotatable bonds is 6. The summed E-state index contributed by atoms with van der Waals surface area (Å²) in [7, 11) is 0. The van der Waals surface area contributed by atoms with Crippen LogP contribution in [0.2, 0.25) is 0 Å². The SMILES string of the molecule is OCC1CCC(n2cnc(Nc3nc(N4CCCC4CO)nn4cccc34)c2)CC1. The van der Waals surface area contributed by atoms with Crippen LogP contribution in [0, 0.1) is 5.92 Å². The molecule has 0 radical (unpaired) electrons. The van der Waals surface area contributed by atoms with Crippen LogP contribution in [0.3, 0.4) is 0 Å². The Morgan fingerprint density at radius 2 is 1.97 bits per heavy atom. The van der Waals surface area contributed by atoms with Gasteiger partial charge in [0.25, 0.3) is 0 Å². The maximum atomic E-state index is 9.69. The molecule has 0 spiro atoms. The van der Waals surface area contributed by atoms with E-state index in [1.807, 2.05) is 35.4 Å². The largest absolute Gasteiger partial charge is 0.396 e. The molecule has 3 aromatic heterocycles. The van der Waals surface area contributed by atoms with Crippen LogP contribution in [0.1, 0.15) is 44.6 Å². The predicted octanol–water partition coefficient (Wildman–Crippen LogP) is 2.35. The maximum Gasteiger partial charge on any atom is 0.245 e. The predicted molar refractivity (Wildman–Crippen MR) is 114 cm³/mol. The quantitative estimate of drug-likeness (QED) is 0.572. The highest BCUT2D eigenvalue weighted by Gasteiger charge is 2.27. The second kappa shape index (κ2) is 8.23. The lowest BCUT2D eigenvalue weighted by Gasteiger charge is -2.27. The van der Waals surface area contributed by atoms with Gasteiger partial charge < -0.3 is 25.0 Å². The number of anilines is 3. The zero-order valence-corrected chi connectivity index (χ0v) is 17.1. The fourth-order valence-corrected chi connectivity index (χ4v) is 4.77. The Labute approximate surface area is 175 Å². The van der Waals surface area contributed by atoms with Crippen LogP contribution < -0.4 is 10.2 Å². The van der Waals surface area contributed by atoms with Gasteiger partial charge in [-0.1, -0.05) is 0 Å². The monoisotopic (exact) mass is 411 g/mol. The van der Waals surface area contributed by atoms with Crippen molar-refractivity contribution in [3.63, 3.8) is 0 Å². The summed E-state index contributed by atoms with van der Waals surface area (Å²) in [6.07, 6.45) is 12.1. The van der Waals surface area contributed by atoms with E-state index in [9.17, 15) is 10.2 Å². The van der Waals surface area contributed by atoms with Gasteiger partial charge in [0.15, 0.2) is 5.82 Å². The number of imidazole rings is 1. The van der Waals surface area contributed by atoms with E-state index in [1.54, 1.807) is 0 Å². The molecule has 3 N–H and O–H groups in total. The third-order valence-corrected chi connectivity index (χ3v) is 6.57. The second-order valence-electron chi connectivity index (χ2n) is 8.46. The first-order chi connectivity index (χ1) is 14.7. The van der Waals surface area contributed by atoms with Gasteiger partial charge in [-0.05, 0) is 56.6 Å². The van der Waals surface area contributed by atoms with Crippen LogP contribution >= 0.6 is 0 Å². The van der Waals surface area contributed by atoms with Gasteiger partial charge in [0.1, 0.15) is 11.3 Å². The molecule has 1 atom stereocenters. The van der Waals surface area contributed by atoms with Crippen molar-refractivity contribution < 1.29 is 10.2 Å². The van der Waals surface area contributed by atoms with Crippen LogP contribution in [0.25, 0.3) is 5.52 Å². The summed E-state index contributed by atoms with van der Waals surface area (Å²) in [6, 6.07) is 4.43. The van der Waals surface area contributed by atoms with Crippen molar-refractivity contribution in [2.24, 2.45) is 5.92 Å². The lowest BCUT2D eigenvalue weighted by atomic mass is 9.86. The van der Waals surface area contributed by atoms with Crippen molar-refractivity contribution in [3.05, 3.63) is 30.9 Å². The van der Waals surface area contributed by atoms with Gasteiger partial charge in [-0.3, -0.25) is 0 Å². The number of nitrogens with zero attached hydrogens (tertiary/aromatic N) is 6. The molecule has 30 heavy (non-hydrogen) atoms. The van der Waals surface area contributed by atoms with Crippen LogP contribution in [-0.4, -0.2) is 60.2 Å². The topological polar surface area (TPSA) is 104 Å². The fourth-order valence-electron chi connectivity index (χ4n) is 4.77. The highest BCUT2D eigenvalue weighted by Crippen LogP contribution is 2.33. The zero-order valence-electron chi connectivity index (χ0n) is 17.1. The van der Waals surface area contributed by atoms with Gasteiger partial charge in [0.05, 0.1) is 19.0 Å². The van der Waals surface area contributed by atoms with E-state index in [2.05, 4.69) is 24.9 Å². The normalized spacial score (nSPS) is 24.6. The van der Waals surface area contributed by atoms with Gasteiger partial charge in [0, 0.05) is 31.6 Å². The average molecular weight is 412 g/mol. The number of aliphatic hydroxyl groups is 2. The number of nitrogens with one attached hydrogen (secondary N) is 1. The molecule has 9 nitrogen and oxygen atoms in total. The Kier molecular flexibility index (Phi) is 5.30. The summed E-state index contributed by atoms with van der Waals surface area (Å²) >= 11 is 0. The lowest BCUT2D eigenvalue weighted by Crippen LogP contribution is -2.34. The molecule has 1 aliphatic heterocycles. The summed E-state index contributed by atoms with van der Waals surface area (Å²) in [6.45, 7) is 1.25. The Morgan fingerprint density at radius 3 is 2.77 bits per heavy atom. The summed E-state index contributed by atoms with van der Waals surface area (Å²) < 4.78 is 4.00. The van der Waals surface area contributed by atoms with Gasteiger partial charge in [0.2, 0.25) is 5.95 Å². The summed E-state index contributed by atoms with van der Waals surface area (Å²) in [4.78, 5) is 11.4. The smallest absolute Gasteiger partial charge is 0.245 e. The Hall–Kier alpha value is -2.65. The minimum absolute atomic E-state index is 0.0686. The highest BCUT2D eigenvalue weighted by atomic mass is 16.3. The van der Waals surface area contributed by atoms with Crippen LogP contribution in [0.5, 0.6) is 0 Å². The number of fused-ring (bicyclic) bond motifs is 1. The first kappa shape index (κ1) is 19.3. The van der Waals surface area contributed by atoms with Crippen molar-refractivity contribution in [3.8, 4) is 0 Å². The number of hydrogen-bond acceptors (Lipinski definition) is 7. The van der Waals surface area contributed by atoms with Crippen molar-refractivity contribution in [2.45, 2.75) is 50.6 Å². The third kappa shape index (κ3) is 3.63. The van der Waals surface area contributed by atoms with E-state index in [0.717, 1.165) is 56.4 Å². The van der Waals surface area contributed by atoms with Gasteiger partial charge in [-0.2, -0.15) is 4.98 Å². The fraction of sp³-hybridized carbons (Fsp3) is 0.571. The summed E-state index contributed by atoms with van der Waals surface area (Å²) in [5.74, 6) is 2.53. The van der Waals surface area contributed by atoms with Crippen LogP contribution in [0.4, 0.5) is 17.6 Å². The van der Waals surface area contributed by atoms with E-state index in [-0.39, 0.29) is 12.6 Å². The van der Waals surface area contributed by atoms with Crippen molar-refractivity contribution >= 4 is 23.1 Å². The zero-order chi connectivity index (χ0) is 20.5. The van der Waals surface area contributed by atoms with Gasteiger partial charge >= 0.3 is 0 Å². The van der Waals surface area contributed by atoms with Crippen LogP contribution in [0.15, 0.2) is 30.9 Å². The van der Waals surface area contributed by atoms with Crippen molar-refractivity contribution in [1.82, 2.24) is 24.1 Å². The first-order valence-corrected chi connectivity index (χ1v) is 10.9. The van der Waals surface area contributed by atoms with Gasteiger partial charge in [-0.25, -0.2) is 9.50 Å². The Balaban J connectivity index is 1.38. The molecule has 2 aliphatic rings. The third-order valence-electron chi connectivity index (χ3n) is 6.57. The van der Waals surface area contributed by atoms with Crippen molar-refractivity contribution in [1.29, 1.82) is 0 Å². The Bertz CT molecular complexity index is 992. The molecule has 0 aromatic carbocycles. The minimum Gasteiger partial charge on any atom is -0.396 e. The average Bonchev–Trinajstić information content (AvgIpc) is 3.53. The molecular formula is C21H29N7O2. The van der Waals surface area contributed by atoms with E-state index in [1.165, 1.54) is 0 Å². The molecule has 1 unspecified atom stereocenters. The number of aromatic nitrogens is 5. The molecule has 0 bridgehead atoms.